The number of hydrogen-bond acceptors (Lipinski definition) is 4. The molecule has 1 heterocycles. The summed E-state index contributed by atoms with van der Waals surface area (Å²) < 4.78 is 1.70. The molecule has 1 saturated carbocycles. The zero-order chi connectivity index (χ0) is 11.0. The largest absolute Gasteiger partial charge is 0.392 e. The molecule has 1 aliphatic carbocycles. The van der Waals surface area contributed by atoms with Gasteiger partial charge in [0, 0.05) is 11.3 Å². The van der Waals surface area contributed by atoms with E-state index in [1.54, 1.807) is 11.5 Å². The first-order valence-corrected chi connectivity index (χ1v) is 5.99. The average molecular weight is 229 g/mol. The fourth-order valence-corrected chi connectivity index (χ4v) is 2.27. The van der Waals surface area contributed by atoms with Crippen molar-refractivity contribution in [2.75, 3.05) is 0 Å². The van der Waals surface area contributed by atoms with Gasteiger partial charge in [0.2, 0.25) is 0 Å². The van der Waals surface area contributed by atoms with Crippen LogP contribution in [0.4, 0.5) is 0 Å². The number of aliphatic hydroxyl groups excluding tert-OH is 1. The van der Waals surface area contributed by atoms with E-state index < -0.39 is 6.10 Å². The van der Waals surface area contributed by atoms with Crippen LogP contribution >= 0.6 is 11.8 Å². The second-order valence-electron chi connectivity index (χ2n) is 3.98. The number of hydrogen-bond donors (Lipinski definition) is 2. The second-order valence-corrected chi connectivity index (χ2v) is 5.32. The molecule has 0 spiro atoms. The number of H-pyrrole nitrogens is 1. The number of aliphatic hydroxyl groups is 1. The van der Waals surface area contributed by atoms with Crippen molar-refractivity contribution in [1.29, 1.82) is 0 Å². The Morgan fingerprint density at radius 1 is 1.60 bits per heavy atom. The third-order valence-electron chi connectivity index (χ3n) is 2.55. The van der Waals surface area contributed by atoms with E-state index in [1.807, 2.05) is 6.92 Å². The molecular formula is C9H15N3O2S. The van der Waals surface area contributed by atoms with Crippen LogP contribution in [-0.4, -0.2) is 31.2 Å². The summed E-state index contributed by atoms with van der Waals surface area (Å²) in [6.45, 7) is 3.66. The van der Waals surface area contributed by atoms with E-state index in [4.69, 9.17) is 0 Å². The first kappa shape index (κ1) is 10.8. The predicted octanol–water partition coefficient (Wildman–Crippen LogP) is 0.768. The highest BCUT2D eigenvalue weighted by Crippen LogP contribution is 2.36. The van der Waals surface area contributed by atoms with Gasteiger partial charge in [-0.05, 0) is 19.8 Å². The Labute approximate surface area is 91.9 Å². The molecule has 2 unspecified atom stereocenters. The van der Waals surface area contributed by atoms with E-state index >= 15 is 0 Å². The minimum absolute atomic E-state index is 0.0395. The Morgan fingerprint density at radius 3 is 2.80 bits per heavy atom. The molecule has 0 saturated heterocycles. The average Bonchev–Trinajstić information content (AvgIpc) is 2.93. The molecule has 6 heteroatoms. The quantitative estimate of drug-likeness (QED) is 0.748. The molecule has 2 rings (SSSR count). The molecule has 1 aliphatic rings. The zero-order valence-electron chi connectivity index (χ0n) is 8.80. The predicted molar refractivity (Wildman–Crippen MR) is 58.1 cm³/mol. The molecule has 1 aromatic rings. The Balaban J connectivity index is 2.17. The fraction of sp³-hybridized carbons (Fsp3) is 0.778. The lowest BCUT2D eigenvalue weighted by Gasteiger charge is -2.13. The summed E-state index contributed by atoms with van der Waals surface area (Å²) in [6.07, 6.45) is 1.70. The molecule has 0 aromatic carbocycles. The number of aromatic nitrogens is 3. The van der Waals surface area contributed by atoms with Crippen molar-refractivity contribution in [3.05, 3.63) is 10.5 Å². The van der Waals surface area contributed by atoms with Gasteiger partial charge in [-0.25, -0.2) is 9.89 Å². The van der Waals surface area contributed by atoms with Crippen molar-refractivity contribution in [1.82, 2.24) is 14.8 Å². The van der Waals surface area contributed by atoms with Crippen molar-refractivity contribution < 1.29 is 5.11 Å². The summed E-state index contributed by atoms with van der Waals surface area (Å²) in [7, 11) is 0. The summed E-state index contributed by atoms with van der Waals surface area (Å²) in [4.78, 5) is 11.4. The topological polar surface area (TPSA) is 70.9 Å². The van der Waals surface area contributed by atoms with Gasteiger partial charge in [-0.1, -0.05) is 18.7 Å². The molecule has 0 radical (unpaired) electrons. The summed E-state index contributed by atoms with van der Waals surface area (Å²) in [6, 6.07) is 0.319. The molecule has 5 nitrogen and oxygen atoms in total. The van der Waals surface area contributed by atoms with Crippen LogP contribution in [0.1, 0.15) is 32.7 Å². The van der Waals surface area contributed by atoms with Crippen LogP contribution < -0.4 is 5.69 Å². The van der Waals surface area contributed by atoms with Gasteiger partial charge in [0.25, 0.3) is 0 Å². The van der Waals surface area contributed by atoms with Crippen LogP contribution in [0.3, 0.4) is 0 Å². The molecule has 2 atom stereocenters. The summed E-state index contributed by atoms with van der Waals surface area (Å²) in [5, 5.41) is 16.6. The molecule has 84 valence electrons. The van der Waals surface area contributed by atoms with Crippen LogP contribution in [0.5, 0.6) is 0 Å². The van der Waals surface area contributed by atoms with Crippen molar-refractivity contribution in [3.8, 4) is 0 Å². The Morgan fingerprint density at radius 2 is 2.27 bits per heavy atom. The van der Waals surface area contributed by atoms with E-state index in [0.717, 1.165) is 12.8 Å². The lowest BCUT2D eigenvalue weighted by molar-refractivity contribution is 0.196. The number of nitrogens with one attached hydrogen (secondary N) is 1. The smallest absolute Gasteiger partial charge is 0.344 e. The second kappa shape index (κ2) is 4.02. The highest BCUT2D eigenvalue weighted by Gasteiger charge is 2.29. The van der Waals surface area contributed by atoms with E-state index in [9.17, 15) is 9.90 Å². The number of rotatable bonds is 4. The summed E-state index contributed by atoms with van der Waals surface area (Å²) in [5.41, 5.74) is -0.141. The van der Waals surface area contributed by atoms with Crippen LogP contribution in [0.15, 0.2) is 9.95 Å². The van der Waals surface area contributed by atoms with Gasteiger partial charge in [0.05, 0.1) is 6.10 Å². The van der Waals surface area contributed by atoms with Crippen molar-refractivity contribution in [3.63, 3.8) is 0 Å². The zero-order valence-corrected chi connectivity index (χ0v) is 9.62. The van der Waals surface area contributed by atoms with E-state index in [-0.39, 0.29) is 10.9 Å². The van der Waals surface area contributed by atoms with Gasteiger partial charge in [-0.3, -0.25) is 4.57 Å². The molecule has 0 bridgehead atoms. The molecule has 2 N–H and O–H groups in total. The van der Waals surface area contributed by atoms with E-state index in [0.29, 0.717) is 11.2 Å². The van der Waals surface area contributed by atoms with Crippen molar-refractivity contribution in [2.24, 2.45) is 0 Å². The van der Waals surface area contributed by atoms with Crippen molar-refractivity contribution >= 4 is 11.8 Å². The van der Waals surface area contributed by atoms with Gasteiger partial charge in [0.1, 0.15) is 0 Å². The van der Waals surface area contributed by atoms with Crippen LogP contribution in [0, 0.1) is 0 Å². The summed E-state index contributed by atoms with van der Waals surface area (Å²) in [5.74, 6) is 0. The molecule has 15 heavy (non-hydrogen) atoms. The van der Waals surface area contributed by atoms with E-state index in [1.165, 1.54) is 11.8 Å². The normalized spacial score (nSPS) is 20.2. The number of nitrogens with zero attached hydrogens (tertiary/aromatic N) is 2. The maximum absolute atomic E-state index is 11.4. The third kappa shape index (κ3) is 2.26. The maximum Gasteiger partial charge on any atom is 0.344 e. The van der Waals surface area contributed by atoms with Gasteiger partial charge < -0.3 is 5.11 Å². The summed E-state index contributed by atoms with van der Waals surface area (Å²) >= 11 is 1.44. The molecule has 1 aromatic heterocycles. The number of aromatic amines is 1. The van der Waals surface area contributed by atoms with Crippen molar-refractivity contribution in [2.45, 2.75) is 49.2 Å². The Bertz CT molecular complexity index is 394. The molecule has 0 amide bonds. The maximum atomic E-state index is 11.4. The first-order valence-electron chi connectivity index (χ1n) is 5.11. The van der Waals surface area contributed by atoms with Crippen LogP contribution in [-0.2, 0) is 0 Å². The lowest BCUT2D eigenvalue weighted by Crippen LogP contribution is -2.19. The van der Waals surface area contributed by atoms with Gasteiger partial charge in [-0.15, -0.1) is 5.10 Å². The van der Waals surface area contributed by atoms with Gasteiger partial charge in [-0.2, -0.15) is 0 Å². The van der Waals surface area contributed by atoms with Gasteiger partial charge >= 0.3 is 5.69 Å². The van der Waals surface area contributed by atoms with E-state index in [2.05, 4.69) is 10.2 Å². The van der Waals surface area contributed by atoms with Crippen LogP contribution in [0.2, 0.25) is 0 Å². The van der Waals surface area contributed by atoms with Crippen LogP contribution in [0.25, 0.3) is 0 Å². The minimum atomic E-state index is -0.408. The SMILES string of the molecule is CC(O)C(C)Sc1n[nH]c(=O)n1C1CC1. The first-order chi connectivity index (χ1) is 7.09. The lowest BCUT2D eigenvalue weighted by atomic mass is 10.3. The molecular weight excluding hydrogens is 214 g/mol. The minimum Gasteiger partial charge on any atom is -0.392 e. The highest BCUT2D eigenvalue weighted by molar-refractivity contribution is 7.99. The fourth-order valence-electron chi connectivity index (χ4n) is 1.29. The Hall–Kier alpha value is -0.750. The van der Waals surface area contributed by atoms with Gasteiger partial charge in [0.15, 0.2) is 5.16 Å². The molecule has 0 aliphatic heterocycles. The monoisotopic (exact) mass is 229 g/mol. The Kier molecular flexibility index (Phi) is 2.88. The highest BCUT2D eigenvalue weighted by atomic mass is 32.2. The molecule has 1 fully saturated rings. The number of thioether (sulfide) groups is 1. The third-order valence-corrected chi connectivity index (χ3v) is 3.82. The standard InChI is InChI=1S/C9H15N3O2S/c1-5(13)6(2)15-9-11-10-8(14)12(9)7-3-4-7/h5-7,13H,3-4H2,1-2H3,(H,10,14).